The van der Waals surface area contributed by atoms with Crippen molar-refractivity contribution < 1.29 is 24.5 Å². The summed E-state index contributed by atoms with van der Waals surface area (Å²) < 4.78 is 5.13. The number of nitrogens with zero attached hydrogens (tertiary/aromatic N) is 1. The van der Waals surface area contributed by atoms with Gasteiger partial charge in [0.2, 0.25) is 0 Å². The van der Waals surface area contributed by atoms with E-state index >= 15 is 0 Å². The SMILES string of the molecule is CC(C)(C)OC(=O)N1CCC[C@](O)(C(=O)O)C1. The molecule has 0 unspecified atom stereocenters. The average molecular weight is 245 g/mol. The molecule has 98 valence electrons. The summed E-state index contributed by atoms with van der Waals surface area (Å²) >= 11 is 0. The standard InChI is InChI=1S/C11H19NO5/c1-10(2,3)17-9(15)12-6-4-5-11(16,7-12)8(13)14/h16H,4-7H2,1-3H3,(H,13,14)/t11-/m1/s1. The van der Waals surface area contributed by atoms with Gasteiger partial charge in [0.1, 0.15) is 5.60 Å². The number of β-amino-alcohol motifs (C(OH)–C–C–N with tert-alkyl or cyclic N) is 1. The van der Waals surface area contributed by atoms with Gasteiger partial charge < -0.3 is 19.8 Å². The molecule has 0 saturated carbocycles. The van der Waals surface area contributed by atoms with Crippen LogP contribution in [0.1, 0.15) is 33.6 Å². The van der Waals surface area contributed by atoms with Crippen LogP contribution < -0.4 is 0 Å². The van der Waals surface area contributed by atoms with Crippen LogP contribution in [0, 0.1) is 0 Å². The van der Waals surface area contributed by atoms with E-state index in [1.54, 1.807) is 20.8 Å². The van der Waals surface area contributed by atoms with Crippen LogP contribution in [0.4, 0.5) is 4.79 Å². The molecule has 0 aliphatic carbocycles. The number of carboxylic acid groups (broad SMARTS) is 1. The number of carboxylic acids is 1. The van der Waals surface area contributed by atoms with Gasteiger partial charge in [-0.2, -0.15) is 0 Å². The number of hydrogen-bond acceptors (Lipinski definition) is 4. The number of piperidine rings is 1. The first kappa shape index (κ1) is 13.8. The predicted molar refractivity (Wildman–Crippen MR) is 59.6 cm³/mol. The zero-order chi connectivity index (χ0) is 13.3. The molecule has 0 radical (unpaired) electrons. The van der Waals surface area contributed by atoms with Crippen molar-refractivity contribution in [3.63, 3.8) is 0 Å². The smallest absolute Gasteiger partial charge is 0.410 e. The number of aliphatic hydroxyl groups is 1. The number of amides is 1. The molecule has 0 spiro atoms. The Morgan fingerprint density at radius 3 is 2.41 bits per heavy atom. The quantitative estimate of drug-likeness (QED) is 0.714. The van der Waals surface area contributed by atoms with Crippen LogP contribution in [-0.4, -0.2) is 51.5 Å². The number of hydrogen-bond donors (Lipinski definition) is 2. The number of carbonyl (C=O) groups excluding carboxylic acids is 1. The minimum Gasteiger partial charge on any atom is -0.479 e. The third-order valence-corrected chi connectivity index (χ3v) is 2.52. The molecule has 1 amide bonds. The maximum Gasteiger partial charge on any atom is 0.410 e. The Labute approximate surface area is 100 Å². The number of carbonyl (C=O) groups is 2. The fourth-order valence-corrected chi connectivity index (χ4v) is 1.69. The number of ether oxygens (including phenoxy) is 1. The molecule has 0 aromatic carbocycles. The second-order valence-electron chi connectivity index (χ2n) is 5.34. The molecule has 1 aliphatic rings. The van der Waals surface area contributed by atoms with Crippen LogP contribution in [0.15, 0.2) is 0 Å². The zero-order valence-electron chi connectivity index (χ0n) is 10.4. The van der Waals surface area contributed by atoms with Gasteiger partial charge >= 0.3 is 12.1 Å². The van der Waals surface area contributed by atoms with E-state index in [9.17, 15) is 14.7 Å². The van der Waals surface area contributed by atoms with E-state index in [-0.39, 0.29) is 13.0 Å². The van der Waals surface area contributed by atoms with Crippen molar-refractivity contribution in [2.75, 3.05) is 13.1 Å². The summed E-state index contributed by atoms with van der Waals surface area (Å²) in [5, 5.41) is 18.7. The molecule has 1 atom stereocenters. The highest BCUT2D eigenvalue weighted by Crippen LogP contribution is 2.23. The number of likely N-dealkylation sites (tertiary alicyclic amines) is 1. The summed E-state index contributed by atoms with van der Waals surface area (Å²) in [5.74, 6) is -1.30. The van der Waals surface area contributed by atoms with Crippen LogP contribution in [0.25, 0.3) is 0 Å². The molecule has 0 aromatic rings. The summed E-state index contributed by atoms with van der Waals surface area (Å²) in [6.07, 6.45) is 0.0146. The molecule has 1 heterocycles. The molecule has 1 fully saturated rings. The van der Waals surface area contributed by atoms with Gasteiger partial charge in [0, 0.05) is 6.54 Å². The maximum absolute atomic E-state index is 11.7. The zero-order valence-corrected chi connectivity index (χ0v) is 10.4. The topological polar surface area (TPSA) is 87.1 Å². The fourth-order valence-electron chi connectivity index (χ4n) is 1.69. The lowest BCUT2D eigenvalue weighted by molar-refractivity contribution is -0.163. The van der Waals surface area contributed by atoms with Crippen LogP contribution in [0.5, 0.6) is 0 Å². The summed E-state index contributed by atoms with van der Waals surface area (Å²) in [7, 11) is 0. The van der Waals surface area contributed by atoms with Crippen LogP contribution in [0.3, 0.4) is 0 Å². The molecule has 0 aromatic heterocycles. The predicted octanol–water partition coefficient (Wildman–Crippen LogP) is 0.833. The second-order valence-corrected chi connectivity index (χ2v) is 5.34. The van der Waals surface area contributed by atoms with Crippen molar-refractivity contribution in [2.45, 2.75) is 44.8 Å². The minimum absolute atomic E-state index is 0.154. The van der Waals surface area contributed by atoms with Gasteiger partial charge in [0.15, 0.2) is 5.60 Å². The van der Waals surface area contributed by atoms with Gasteiger partial charge in [0.25, 0.3) is 0 Å². The van der Waals surface area contributed by atoms with E-state index in [1.807, 2.05) is 0 Å². The molecule has 1 saturated heterocycles. The van der Waals surface area contributed by atoms with Gasteiger partial charge in [-0.3, -0.25) is 0 Å². The Morgan fingerprint density at radius 2 is 1.94 bits per heavy atom. The monoisotopic (exact) mass is 245 g/mol. The van der Waals surface area contributed by atoms with E-state index < -0.39 is 23.3 Å². The molecular formula is C11H19NO5. The highest BCUT2D eigenvalue weighted by atomic mass is 16.6. The molecule has 0 bridgehead atoms. The Bertz CT molecular complexity index is 322. The number of rotatable bonds is 1. The maximum atomic E-state index is 11.7. The Morgan fingerprint density at radius 1 is 1.35 bits per heavy atom. The molecule has 2 N–H and O–H groups in total. The Balaban J connectivity index is 2.67. The minimum atomic E-state index is -1.85. The van der Waals surface area contributed by atoms with Crippen molar-refractivity contribution in [1.82, 2.24) is 4.90 Å². The van der Waals surface area contributed by atoms with Gasteiger partial charge in [-0.05, 0) is 33.6 Å². The second kappa shape index (κ2) is 4.52. The van der Waals surface area contributed by atoms with Crippen molar-refractivity contribution >= 4 is 12.1 Å². The first-order chi connectivity index (χ1) is 7.64. The number of aliphatic carboxylic acids is 1. The third-order valence-electron chi connectivity index (χ3n) is 2.52. The molecule has 17 heavy (non-hydrogen) atoms. The third kappa shape index (κ3) is 3.59. The first-order valence-corrected chi connectivity index (χ1v) is 5.58. The largest absolute Gasteiger partial charge is 0.479 e. The van der Waals surface area contributed by atoms with Crippen molar-refractivity contribution in [1.29, 1.82) is 0 Å². The normalized spacial score (nSPS) is 25.5. The summed E-state index contributed by atoms with van der Waals surface area (Å²) in [4.78, 5) is 23.9. The Kier molecular flexibility index (Phi) is 3.66. The van der Waals surface area contributed by atoms with Crippen molar-refractivity contribution in [3.8, 4) is 0 Å². The van der Waals surface area contributed by atoms with Gasteiger partial charge in [-0.1, -0.05) is 0 Å². The van der Waals surface area contributed by atoms with E-state index in [2.05, 4.69) is 0 Å². The van der Waals surface area contributed by atoms with E-state index in [1.165, 1.54) is 4.90 Å². The van der Waals surface area contributed by atoms with Crippen LogP contribution in [-0.2, 0) is 9.53 Å². The van der Waals surface area contributed by atoms with Crippen molar-refractivity contribution in [2.24, 2.45) is 0 Å². The van der Waals surface area contributed by atoms with E-state index in [0.29, 0.717) is 13.0 Å². The highest BCUT2D eigenvalue weighted by Gasteiger charge is 2.42. The summed E-state index contributed by atoms with van der Waals surface area (Å²) in [6, 6.07) is 0. The summed E-state index contributed by atoms with van der Waals surface area (Å²) in [6.45, 7) is 5.39. The molecule has 6 heteroatoms. The van der Waals surface area contributed by atoms with Gasteiger partial charge in [0.05, 0.1) is 6.54 Å². The molecule has 1 rings (SSSR count). The van der Waals surface area contributed by atoms with Crippen LogP contribution >= 0.6 is 0 Å². The molecule has 6 nitrogen and oxygen atoms in total. The summed E-state index contributed by atoms with van der Waals surface area (Å²) in [5.41, 5.74) is -2.48. The lowest BCUT2D eigenvalue weighted by atomic mass is 9.93. The average Bonchev–Trinajstić information content (AvgIpc) is 2.15. The van der Waals surface area contributed by atoms with Gasteiger partial charge in [-0.15, -0.1) is 0 Å². The molecular weight excluding hydrogens is 226 g/mol. The Hall–Kier alpha value is -1.30. The van der Waals surface area contributed by atoms with E-state index in [0.717, 1.165) is 0 Å². The van der Waals surface area contributed by atoms with Crippen LogP contribution in [0.2, 0.25) is 0 Å². The molecule has 1 aliphatic heterocycles. The van der Waals surface area contributed by atoms with Gasteiger partial charge in [-0.25, -0.2) is 9.59 Å². The van der Waals surface area contributed by atoms with Crippen molar-refractivity contribution in [3.05, 3.63) is 0 Å². The highest BCUT2D eigenvalue weighted by molar-refractivity contribution is 5.79. The lowest BCUT2D eigenvalue weighted by Crippen LogP contribution is -2.55. The van der Waals surface area contributed by atoms with E-state index in [4.69, 9.17) is 9.84 Å². The first-order valence-electron chi connectivity index (χ1n) is 5.58. The fraction of sp³-hybridized carbons (Fsp3) is 0.818. The lowest BCUT2D eigenvalue weighted by Gasteiger charge is -2.36.